The first kappa shape index (κ1) is 33.8. The van der Waals surface area contributed by atoms with E-state index >= 15 is 0 Å². The summed E-state index contributed by atoms with van der Waals surface area (Å²) in [5.41, 5.74) is 18.6. The van der Waals surface area contributed by atoms with E-state index in [4.69, 9.17) is 0 Å². The van der Waals surface area contributed by atoms with Gasteiger partial charge in [0.1, 0.15) is 0 Å². The summed E-state index contributed by atoms with van der Waals surface area (Å²) in [5.74, 6) is 0. The Morgan fingerprint density at radius 2 is 0.982 bits per heavy atom. The van der Waals surface area contributed by atoms with Crippen molar-refractivity contribution >= 4 is 33.4 Å². The standard InChI is InChI=1S/C55H43N/c1-55(2)53-31-11-10-29-51(53)52-33-32-46(37-54(52)55)56(45-25-14-23-43(36-45)49-28-9-8-27-47(49)38-16-4-3-5-17-38)44-24-13-21-41(35-44)40-20-12-22-42(34-40)50-30-15-19-39-18-6-7-26-48(39)50/h4,6-37H,3,5H2,1-2H3. The van der Waals surface area contributed by atoms with Gasteiger partial charge >= 0.3 is 0 Å². The van der Waals surface area contributed by atoms with Gasteiger partial charge in [0.05, 0.1) is 0 Å². The molecule has 0 spiro atoms. The van der Waals surface area contributed by atoms with E-state index in [1.54, 1.807) is 0 Å². The highest BCUT2D eigenvalue weighted by Crippen LogP contribution is 2.51. The molecule has 2 aliphatic rings. The molecular weight excluding hydrogens is 675 g/mol. The number of benzene rings is 8. The summed E-state index contributed by atoms with van der Waals surface area (Å²) < 4.78 is 0. The number of anilines is 3. The summed E-state index contributed by atoms with van der Waals surface area (Å²) in [6, 6.07) is 67.2. The van der Waals surface area contributed by atoms with Gasteiger partial charge in [-0.05, 0) is 133 Å². The van der Waals surface area contributed by atoms with Crippen molar-refractivity contribution in [2.24, 2.45) is 0 Å². The van der Waals surface area contributed by atoms with Gasteiger partial charge in [0.15, 0.2) is 0 Å². The number of hydrogen-bond acceptors (Lipinski definition) is 1. The highest BCUT2D eigenvalue weighted by atomic mass is 15.1. The van der Waals surface area contributed by atoms with Crippen molar-refractivity contribution in [1.82, 2.24) is 0 Å². The zero-order valence-corrected chi connectivity index (χ0v) is 31.9. The van der Waals surface area contributed by atoms with E-state index in [2.05, 4.69) is 219 Å². The molecule has 0 bridgehead atoms. The van der Waals surface area contributed by atoms with Crippen LogP contribution >= 0.6 is 0 Å². The normalized spacial score (nSPS) is 13.9. The quantitative estimate of drug-likeness (QED) is 0.159. The second kappa shape index (κ2) is 13.9. The number of fused-ring (bicyclic) bond motifs is 4. The molecule has 0 saturated carbocycles. The van der Waals surface area contributed by atoms with Crippen LogP contribution in [0.15, 0.2) is 200 Å². The molecule has 56 heavy (non-hydrogen) atoms. The lowest BCUT2D eigenvalue weighted by Gasteiger charge is -2.29. The first-order valence-electron chi connectivity index (χ1n) is 19.8. The maximum atomic E-state index is 2.45. The van der Waals surface area contributed by atoms with Gasteiger partial charge in [0.2, 0.25) is 0 Å². The molecule has 8 aromatic rings. The summed E-state index contributed by atoms with van der Waals surface area (Å²) in [6.07, 6.45) is 9.13. The molecule has 268 valence electrons. The molecule has 0 aromatic heterocycles. The molecule has 1 nitrogen and oxygen atoms in total. The molecule has 0 aliphatic heterocycles. The Kier molecular flexibility index (Phi) is 8.37. The van der Waals surface area contributed by atoms with Crippen LogP contribution in [0.1, 0.15) is 43.4 Å². The Hall–Kier alpha value is -6.70. The predicted octanol–water partition coefficient (Wildman–Crippen LogP) is 15.4. The SMILES string of the molecule is CC1(C)c2ccccc2-c2ccc(N(c3cccc(-c4cccc(-c5cccc6ccccc56)c4)c3)c3cccc(-c4ccccc4C4=CCCC=C4)c3)cc21. The maximum Gasteiger partial charge on any atom is 0.0467 e. The fourth-order valence-corrected chi connectivity index (χ4v) is 9.06. The summed E-state index contributed by atoms with van der Waals surface area (Å²) >= 11 is 0. The third-order valence-electron chi connectivity index (χ3n) is 11.9. The number of allylic oxidation sites excluding steroid dienone is 4. The van der Waals surface area contributed by atoms with Crippen molar-refractivity contribution in [3.8, 4) is 44.5 Å². The summed E-state index contributed by atoms with van der Waals surface area (Å²) in [4.78, 5) is 2.45. The largest absolute Gasteiger partial charge is 0.310 e. The maximum absolute atomic E-state index is 2.45. The Bertz CT molecular complexity index is 2840. The van der Waals surface area contributed by atoms with Crippen LogP contribution in [0.3, 0.4) is 0 Å². The molecule has 0 saturated heterocycles. The molecule has 0 fully saturated rings. The van der Waals surface area contributed by atoms with Crippen LogP contribution < -0.4 is 4.90 Å². The van der Waals surface area contributed by atoms with Crippen molar-refractivity contribution < 1.29 is 0 Å². The van der Waals surface area contributed by atoms with Gasteiger partial charge in [-0.25, -0.2) is 0 Å². The lowest BCUT2D eigenvalue weighted by Crippen LogP contribution is -2.16. The molecule has 0 heterocycles. The molecule has 2 aliphatic carbocycles. The van der Waals surface area contributed by atoms with E-state index in [-0.39, 0.29) is 5.41 Å². The smallest absolute Gasteiger partial charge is 0.0467 e. The van der Waals surface area contributed by atoms with E-state index in [9.17, 15) is 0 Å². The molecule has 0 atom stereocenters. The number of nitrogens with zero attached hydrogens (tertiary/aromatic N) is 1. The zero-order chi connectivity index (χ0) is 37.6. The van der Waals surface area contributed by atoms with E-state index < -0.39 is 0 Å². The first-order valence-corrected chi connectivity index (χ1v) is 19.8. The van der Waals surface area contributed by atoms with Gasteiger partial charge in [-0.3, -0.25) is 0 Å². The van der Waals surface area contributed by atoms with Crippen LogP contribution in [-0.2, 0) is 5.41 Å². The molecule has 8 aromatic carbocycles. The number of hydrogen-bond donors (Lipinski definition) is 0. The first-order chi connectivity index (χ1) is 27.5. The van der Waals surface area contributed by atoms with Crippen LogP contribution in [0.4, 0.5) is 17.1 Å². The van der Waals surface area contributed by atoms with Gasteiger partial charge < -0.3 is 4.90 Å². The Labute approximate surface area is 330 Å². The van der Waals surface area contributed by atoms with Crippen molar-refractivity contribution in [1.29, 1.82) is 0 Å². The van der Waals surface area contributed by atoms with Crippen molar-refractivity contribution in [3.63, 3.8) is 0 Å². The van der Waals surface area contributed by atoms with Crippen LogP contribution in [0.25, 0.3) is 60.9 Å². The van der Waals surface area contributed by atoms with Crippen molar-refractivity contribution in [2.45, 2.75) is 32.1 Å². The van der Waals surface area contributed by atoms with E-state index in [0.717, 1.165) is 29.9 Å². The molecule has 0 radical (unpaired) electrons. The molecule has 10 rings (SSSR count). The monoisotopic (exact) mass is 717 g/mol. The predicted molar refractivity (Wildman–Crippen MR) is 239 cm³/mol. The second-order valence-electron chi connectivity index (χ2n) is 15.6. The molecular formula is C55H43N. The fraction of sp³-hybridized carbons (Fsp3) is 0.0909. The fourth-order valence-electron chi connectivity index (χ4n) is 9.06. The van der Waals surface area contributed by atoms with E-state index in [1.165, 1.54) is 77.5 Å². The van der Waals surface area contributed by atoms with Crippen LogP contribution in [0.2, 0.25) is 0 Å². The van der Waals surface area contributed by atoms with Gasteiger partial charge in [-0.1, -0.05) is 172 Å². The topological polar surface area (TPSA) is 3.24 Å². The van der Waals surface area contributed by atoms with Crippen molar-refractivity contribution in [2.75, 3.05) is 4.90 Å². The summed E-state index contributed by atoms with van der Waals surface area (Å²) in [6.45, 7) is 4.72. The van der Waals surface area contributed by atoms with Gasteiger partial charge in [0.25, 0.3) is 0 Å². The minimum Gasteiger partial charge on any atom is -0.310 e. The third kappa shape index (κ3) is 5.88. The Morgan fingerprint density at radius 3 is 1.79 bits per heavy atom. The van der Waals surface area contributed by atoms with Crippen molar-refractivity contribution in [3.05, 3.63) is 217 Å². The van der Waals surface area contributed by atoms with Crippen LogP contribution in [-0.4, -0.2) is 0 Å². The lowest BCUT2D eigenvalue weighted by atomic mass is 9.82. The highest BCUT2D eigenvalue weighted by Gasteiger charge is 2.35. The zero-order valence-electron chi connectivity index (χ0n) is 31.9. The van der Waals surface area contributed by atoms with Gasteiger partial charge in [0, 0.05) is 22.5 Å². The third-order valence-corrected chi connectivity index (χ3v) is 11.9. The van der Waals surface area contributed by atoms with E-state index in [0.29, 0.717) is 0 Å². The van der Waals surface area contributed by atoms with Crippen LogP contribution in [0.5, 0.6) is 0 Å². The van der Waals surface area contributed by atoms with Gasteiger partial charge in [-0.15, -0.1) is 0 Å². The molecule has 0 N–H and O–H groups in total. The Balaban J connectivity index is 1.12. The second-order valence-corrected chi connectivity index (χ2v) is 15.6. The molecule has 0 unspecified atom stereocenters. The minimum atomic E-state index is -0.112. The molecule has 0 amide bonds. The molecule has 1 heteroatoms. The number of rotatable bonds is 7. The highest BCUT2D eigenvalue weighted by molar-refractivity contribution is 5.97. The Morgan fingerprint density at radius 1 is 0.411 bits per heavy atom. The minimum absolute atomic E-state index is 0.112. The average Bonchev–Trinajstić information content (AvgIpc) is 3.49. The van der Waals surface area contributed by atoms with E-state index in [1.807, 2.05) is 0 Å². The summed E-state index contributed by atoms with van der Waals surface area (Å²) in [7, 11) is 0. The van der Waals surface area contributed by atoms with Gasteiger partial charge in [-0.2, -0.15) is 0 Å². The lowest BCUT2D eigenvalue weighted by molar-refractivity contribution is 0.660. The van der Waals surface area contributed by atoms with Crippen LogP contribution in [0, 0.1) is 0 Å². The summed E-state index contributed by atoms with van der Waals surface area (Å²) in [5, 5.41) is 2.52. The average molecular weight is 718 g/mol.